The van der Waals surface area contributed by atoms with Crippen molar-refractivity contribution in [1.82, 2.24) is 15.2 Å². The van der Waals surface area contributed by atoms with E-state index >= 15 is 0 Å². The van der Waals surface area contributed by atoms with Crippen LogP contribution in [0.3, 0.4) is 0 Å². The van der Waals surface area contributed by atoms with Crippen LogP contribution in [0.15, 0.2) is 35.8 Å². The van der Waals surface area contributed by atoms with Gasteiger partial charge in [0.05, 0.1) is 6.04 Å². The SMILES string of the molecule is CCC(NC(=O)N1CCN(c2ncccc2F)CC1)c1cccs1. The molecule has 0 bridgehead atoms. The molecule has 2 aromatic heterocycles. The highest BCUT2D eigenvalue weighted by Crippen LogP contribution is 2.22. The van der Waals surface area contributed by atoms with Gasteiger partial charge in [-0.3, -0.25) is 0 Å². The summed E-state index contributed by atoms with van der Waals surface area (Å²) in [5, 5.41) is 5.11. The first-order chi connectivity index (χ1) is 11.7. The Labute approximate surface area is 145 Å². The predicted molar refractivity (Wildman–Crippen MR) is 93.9 cm³/mol. The molecule has 0 radical (unpaired) electrons. The number of thiophene rings is 1. The van der Waals surface area contributed by atoms with Crippen LogP contribution in [0.25, 0.3) is 0 Å². The van der Waals surface area contributed by atoms with E-state index in [1.54, 1.807) is 28.5 Å². The molecule has 1 N–H and O–H groups in total. The Hall–Kier alpha value is -2.15. The normalized spacial score (nSPS) is 16.1. The summed E-state index contributed by atoms with van der Waals surface area (Å²) in [6, 6.07) is 7.02. The molecule has 128 valence electrons. The Balaban J connectivity index is 1.56. The molecule has 0 aliphatic carbocycles. The molecule has 1 fully saturated rings. The van der Waals surface area contributed by atoms with E-state index in [-0.39, 0.29) is 17.9 Å². The van der Waals surface area contributed by atoms with Crippen molar-refractivity contribution in [3.8, 4) is 0 Å². The minimum atomic E-state index is -0.320. The van der Waals surface area contributed by atoms with Gasteiger partial charge in [0.1, 0.15) is 0 Å². The molecule has 1 aliphatic rings. The van der Waals surface area contributed by atoms with Crippen LogP contribution in [-0.4, -0.2) is 42.1 Å². The van der Waals surface area contributed by atoms with Crippen LogP contribution in [0.2, 0.25) is 0 Å². The number of piperazine rings is 1. The van der Waals surface area contributed by atoms with Gasteiger partial charge in [-0.2, -0.15) is 0 Å². The second-order valence-electron chi connectivity index (χ2n) is 5.71. The predicted octanol–water partition coefficient (Wildman–Crippen LogP) is 3.27. The fourth-order valence-corrected chi connectivity index (χ4v) is 3.70. The van der Waals surface area contributed by atoms with Crippen LogP contribution in [0.4, 0.5) is 15.0 Å². The van der Waals surface area contributed by atoms with Gasteiger partial charge in [0.25, 0.3) is 0 Å². The van der Waals surface area contributed by atoms with E-state index < -0.39 is 0 Å². The lowest BCUT2D eigenvalue weighted by molar-refractivity contribution is 0.190. The van der Waals surface area contributed by atoms with Gasteiger partial charge in [0.15, 0.2) is 11.6 Å². The lowest BCUT2D eigenvalue weighted by atomic mass is 10.2. The number of nitrogens with zero attached hydrogens (tertiary/aromatic N) is 3. The Kier molecular flexibility index (Phi) is 5.30. The summed E-state index contributed by atoms with van der Waals surface area (Å²) in [5.74, 6) is 0.0433. The van der Waals surface area contributed by atoms with E-state index in [9.17, 15) is 9.18 Å². The number of amides is 2. The Morgan fingerprint density at radius 1 is 1.33 bits per heavy atom. The quantitative estimate of drug-likeness (QED) is 0.923. The van der Waals surface area contributed by atoms with Crippen LogP contribution in [0, 0.1) is 5.82 Å². The molecule has 3 heterocycles. The molecule has 1 aliphatic heterocycles. The third-order valence-electron chi connectivity index (χ3n) is 4.20. The summed E-state index contributed by atoms with van der Waals surface area (Å²) in [6.45, 7) is 4.34. The zero-order chi connectivity index (χ0) is 16.9. The molecule has 0 spiro atoms. The lowest BCUT2D eigenvalue weighted by Crippen LogP contribution is -2.52. The molecule has 5 nitrogen and oxygen atoms in total. The molecule has 2 amide bonds. The average molecular weight is 348 g/mol. The lowest BCUT2D eigenvalue weighted by Gasteiger charge is -2.36. The summed E-state index contributed by atoms with van der Waals surface area (Å²) in [5.41, 5.74) is 0. The number of carbonyl (C=O) groups is 1. The van der Waals surface area contributed by atoms with Gasteiger partial charge in [-0.05, 0) is 30.0 Å². The van der Waals surface area contributed by atoms with Crippen LogP contribution >= 0.6 is 11.3 Å². The minimum Gasteiger partial charge on any atom is -0.351 e. The smallest absolute Gasteiger partial charge is 0.318 e. The zero-order valence-electron chi connectivity index (χ0n) is 13.6. The Bertz CT molecular complexity index is 671. The number of hydrogen-bond donors (Lipinski definition) is 1. The highest BCUT2D eigenvalue weighted by Gasteiger charge is 2.25. The van der Waals surface area contributed by atoms with Crippen molar-refractivity contribution >= 4 is 23.2 Å². The topological polar surface area (TPSA) is 48.5 Å². The van der Waals surface area contributed by atoms with Crippen molar-refractivity contribution in [2.24, 2.45) is 0 Å². The van der Waals surface area contributed by atoms with Gasteiger partial charge in [0.2, 0.25) is 0 Å². The van der Waals surface area contributed by atoms with Crippen molar-refractivity contribution in [2.45, 2.75) is 19.4 Å². The monoisotopic (exact) mass is 348 g/mol. The number of urea groups is 1. The molecule has 2 aromatic rings. The fourth-order valence-electron chi connectivity index (χ4n) is 2.84. The summed E-state index contributed by atoms with van der Waals surface area (Å²) in [4.78, 5) is 21.4. The van der Waals surface area contributed by atoms with Crippen LogP contribution in [0.5, 0.6) is 0 Å². The number of hydrogen-bond acceptors (Lipinski definition) is 4. The van der Waals surface area contributed by atoms with Crippen molar-refractivity contribution in [3.05, 3.63) is 46.5 Å². The standard InChI is InChI=1S/C17H21FN4OS/c1-2-14(15-6-4-12-24-15)20-17(23)22-10-8-21(9-11-22)16-13(18)5-3-7-19-16/h3-7,12,14H,2,8-11H2,1H3,(H,20,23). The molecule has 0 saturated carbocycles. The third-order valence-corrected chi connectivity index (χ3v) is 5.18. The largest absolute Gasteiger partial charge is 0.351 e. The highest BCUT2D eigenvalue weighted by atomic mass is 32.1. The van der Waals surface area contributed by atoms with Crippen LogP contribution in [-0.2, 0) is 0 Å². The van der Waals surface area contributed by atoms with Gasteiger partial charge in [-0.25, -0.2) is 14.2 Å². The number of nitrogens with one attached hydrogen (secondary N) is 1. The van der Waals surface area contributed by atoms with Gasteiger partial charge in [-0.1, -0.05) is 13.0 Å². The first-order valence-corrected chi connectivity index (χ1v) is 9.01. The molecule has 24 heavy (non-hydrogen) atoms. The van der Waals surface area contributed by atoms with Crippen molar-refractivity contribution in [1.29, 1.82) is 0 Å². The maximum Gasteiger partial charge on any atom is 0.318 e. The van der Waals surface area contributed by atoms with E-state index in [1.807, 2.05) is 22.4 Å². The number of pyridine rings is 1. The highest BCUT2D eigenvalue weighted by molar-refractivity contribution is 7.10. The molecule has 1 atom stereocenters. The summed E-state index contributed by atoms with van der Waals surface area (Å²) < 4.78 is 13.8. The first kappa shape index (κ1) is 16.7. The summed E-state index contributed by atoms with van der Waals surface area (Å²) in [7, 11) is 0. The third kappa shape index (κ3) is 3.67. The van der Waals surface area contributed by atoms with E-state index in [0.29, 0.717) is 32.0 Å². The maximum absolute atomic E-state index is 13.8. The number of carbonyl (C=O) groups excluding carboxylic acids is 1. The van der Waals surface area contributed by atoms with Crippen molar-refractivity contribution < 1.29 is 9.18 Å². The van der Waals surface area contributed by atoms with E-state index in [2.05, 4.69) is 17.2 Å². The molecular formula is C17H21FN4OS. The Morgan fingerprint density at radius 2 is 2.12 bits per heavy atom. The van der Waals surface area contributed by atoms with Gasteiger partial charge in [-0.15, -0.1) is 11.3 Å². The van der Waals surface area contributed by atoms with E-state index in [1.165, 1.54) is 10.9 Å². The fraction of sp³-hybridized carbons (Fsp3) is 0.412. The van der Waals surface area contributed by atoms with Gasteiger partial charge >= 0.3 is 6.03 Å². The maximum atomic E-state index is 13.8. The minimum absolute atomic E-state index is 0.0452. The summed E-state index contributed by atoms with van der Waals surface area (Å²) in [6.07, 6.45) is 2.44. The number of halogens is 1. The second-order valence-corrected chi connectivity index (χ2v) is 6.69. The molecule has 1 saturated heterocycles. The zero-order valence-corrected chi connectivity index (χ0v) is 14.4. The van der Waals surface area contributed by atoms with Gasteiger partial charge in [0, 0.05) is 37.3 Å². The van der Waals surface area contributed by atoms with Crippen LogP contribution in [0.1, 0.15) is 24.3 Å². The molecule has 1 unspecified atom stereocenters. The number of anilines is 1. The Morgan fingerprint density at radius 3 is 2.75 bits per heavy atom. The second kappa shape index (κ2) is 7.61. The van der Waals surface area contributed by atoms with Crippen molar-refractivity contribution in [3.63, 3.8) is 0 Å². The van der Waals surface area contributed by atoms with Crippen molar-refractivity contribution in [2.75, 3.05) is 31.1 Å². The average Bonchev–Trinajstić information content (AvgIpc) is 3.14. The van der Waals surface area contributed by atoms with Gasteiger partial charge < -0.3 is 15.1 Å². The first-order valence-electron chi connectivity index (χ1n) is 8.13. The number of aromatic nitrogens is 1. The summed E-state index contributed by atoms with van der Waals surface area (Å²) >= 11 is 1.65. The van der Waals surface area contributed by atoms with Crippen LogP contribution < -0.4 is 10.2 Å². The number of rotatable bonds is 4. The molecule has 3 rings (SSSR count). The van der Waals surface area contributed by atoms with E-state index in [0.717, 1.165) is 6.42 Å². The molecular weight excluding hydrogens is 327 g/mol. The molecule has 0 aromatic carbocycles. The molecule has 7 heteroatoms. The van der Waals surface area contributed by atoms with E-state index in [4.69, 9.17) is 0 Å².